The average Bonchev–Trinajstić information content (AvgIpc) is 2.16. The maximum Gasteiger partial charge on any atom is -0.000123 e. The van der Waals surface area contributed by atoms with E-state index in [0.717, 1.165) is 0 Å². The molecule has 0 aliphatic rings. The molecule has 0 saturated carbocycles. The zero-order valence-corrected chi connectivity index (χ0v) is 10.7. The van der Waals surface area contributed by atoms with Gasteiger partial charge < -0.3 is 0 Å². The van der Waals surface area contributed by atoms with Crippen molar-refractivity contribution in [2.24, 2.45) is 0 Å². The second kappa shape index (κ2) is 4.69. The second-order valence-electron chi connectivity index (χ2n) is 4.50. The summed E-state index contributed by atoms with van der Waals surface area (Å²) in [4.78, 5) is 0. The third-order valence-electron chi connectivity index (χ3n) is 2.35. The third kappa shape index (κ3) is 3.22. The number of hydrogen-bond acceptors (Lipinski definition) is 0. The smallest absolute Gasteiger partial charge is 0.000123 e. The fourth-order valence-corrected chi connectivity index (χ4v) is 2.47. The Morgan fingerprint density at radius 1 is 1.14 bits per heavy atom. The molecule has 1 radical (unpaired) electrons. The molecule has 0 saturated heterocycles. The molecule has 0 spiro atoms. The van der Waals surface area contributed by atoms with Crippen LogP contribution < -0.4 is 0 Å². The van der Waals surface area contributed by atoms with E-state index >= 15 is 0 Å². The predicted molar refractivity (Wildman–Crippen MR) is 67.3 cm³/mol. The molecule has 0 aromatic heterocycles. The minimum Gasteiger partial charge on any atom is -0.0992 e. The van der Waals surface area contributed by atoms with Gasteiger partial charge in [0.2, 0.25) is 0 Å². The predicted octanol–water partition coefficient (Wildman–Crippen LogP) is 2.77. The van der Waals surface area contributed by atoms with Crippen LogP contribution in [0, 0.1) is 5.92 Å². The molecule has 0 aliphatic carbocycles. The Balaban J connectivity index is 2.86. The van der Waals surface area contributed by atoms with Crippen molar-refractivity contribution in [3.05, 3.63) is 41.8 Å². The first-order chi connectivity index (χ1) is 6.52. The maximum atomic E-state index is 2.40. The van der Waals surface area contributed by atoms with Crippen molar-refractivity contribution < 1.29 is 0 Å². The summed E-state index contributed by atoms with van der Waals surface area (Å²) in [5.74, 6) is 1.43. The van der Waals surface area contributed by atoms with Gasteiger partial charge in [-0.2, -0.15) is 0 Å². The molecular formula is C13H19Si. The average molecular weight is 203 g/mol. The van der Waals surface area contributed by atoms with E-state index in [-0.39, 0.29) is 0 Å². The molecule has 14 heavy (non-hydrogen) atoms. The lowest BCUT2D eigenvalue weighted by atomic mass is 10.0. The summed E-state index contributed by atoms with van der Waals surface area (Å²) in [5, 5.41) is 0.332. The van der Waals surface area contributed by atoms with E-state index in [0.29, 0.717) is 14.2 Å². The lowest BCUT2D eigenvalue weighted by Crippen LogP contribution is -2.22. The largest absolute Gasteiger partial charge is 0.0992 e. The highest BCUT2D eigenvalue weighted by atomic mass is 28.2. The van der Waals surface area contributed by atoms with Gasteiger partial charge in [-0.05, 0) is 25.7 Å². The summed E-state index contributed by atoms with van der Waals surface area (Å²) in [6.07, 6.45) is 0. The second-order valence-corrected chi connectivity index (χ2v) is 6.61. The van der Waals surface area contributed by atoms with Crippen LogP contribution in [-0.2, 0) is 5.04 Å². The number of rotatable bonds is 3. The zero-order chi connectivity index (χ0) is 10.6. The lowest BCUT2D eigenvalue weighted by Gasteiger charge is -2.20. The van der Waals surface area contributed by atoms with Gasteiger partial charge >= 0.3 is 0 Å². The molecule has 0 fully saturated rings. The van der Waals surface area contributed by atoms with Gasteiger partial charge in [0.05, 0.1) is 0 Å². The summed E-state index contributed by atoms with van der Waals surface area (Å²) in [5.41, 5.74) is 3.85. The topological polar surface area (TPSA) is 0 Å². The fourth-order valence-electron chi connectivity index (χ4n) is 1.34. The van der Waals surface area contributed by atoms with Gasteiger partial charge in [0.25, 0.3) is 0 Å². The van der Waals surface area contributed by atoms with Crippen molar-refractivity contribution in [3.8, 4) is 0 Å². The van der Waals surface area contributed by atoms with E-state index in [1.807, 2.05) is 0 Å². The summed E-state index contributed by atoms with van der Waals surface area (Å²) in [6.45, 7) is 9.01. The molecule has 1 aromatic carbocycles. The SMILES string of the molecule is C[C](C)C=[SiH]C(C)(C)c1ccccc1. The first-order valence-corrected chi connectivity index (χ1v) is 6.32. The third-order valence-corrected chi connectivity index (χ3v) is 4.35. The highest BCUT2D eigenvalue weighted by Gasteiger charge is 2.15. The Kier molecular flexibility index (Phi) is 3.82. The van der Waals surface area contributed by atoms with Crippen LogP contribution in [0.5, 0.6) is 0 Å². The molecule has 75 valence electrons. The van der Waals surface area contributed by atoms with Gasteiger partial charge in [-0.15, -0.1) is 0 Å². The maximum absolute atomic E-state index is 2.40. The Hall–Kier alpha value is -0.693. The van der Waals surface area contributed by atoms with Crippen molar-refractivity contribution in [3.63, 3.8) is 0 Å². The summed E-state index contributed by atoms with van der Waals surface area (Å²) >= 11 is 0. The molecule has 1 rings (SSSR count). The lowest BCUT2D eigenvalue weighted by molar-refractivity contribution is 0.761. The van der Waals surface area contributed by atoms with E-state index in [1.165, 1.54) is 11.5 Å². The van der Waals surface area contributed by atoms with Crippen LogP contribution >= 0.6 is 0 Å². The Bertz CT molecular complexity index is 296. The quantitative estimate of drug-likeness (QED) is 0.663. The van der Waals surface area contributed by atoms with E-state index < -0.39 is 0 Å². The number of hydrogen-bond donors (Lipinski definition) is 0. The van der Waals surface area contributed by atoms with E-state index in [4.69, 9.17) is 0 Å². The fraction of sp³-hybridized carbons (Fsp3) is 0.385. The van der Waals surface area contributed by atoms with Gasteiger partial charge in [0.15, 0.2) is 0 Å². The highest BCUT2D eigenvalue weighted by Crippen LogP contribution is 2.19. The minimum absolute atomic E-state index is 0.332. The molecule has 0 atom stereocenters. The Morgan fingerprint density at radius 3 is 2.21 bits per heavy atom. The molecule has 0 nitrogen and oxygen atoms in total. The van der Waals surface area contributed by atoms with Crippen molar-refractivity contribution in [1.29, 1.82) is 0 Å². The summed E-state index contributed by atoms with van der Waals surface area (Å²) in [6, 6.07) is 10.8. The van der Waals surface area contributed by atoms with E-state index in [9.17, 15) is 0 Å². The standard InChI is InChI=1S/C13H19Si/c1-11(2)10-14-13(3,4)12-8-6-5-7-9-12/h5-10,14H,1-4H3. The van der Waals surface area contributed by atoms with E-state index in [1.54, 1.807) is 0 Å². The van der Waals surface area contributed by atoms with Crippen LogP contribution in [0.25, 0.3) is 0 Å². The van der Waals surface area contributed by atoms with Crippen LogP contribution in [0.4, 0.5) is 0 Å². The normalized spacial score (nSPS) is 12.6. The molecule has 0 heterocycles. The van der Waals surface area contributed by atoms with Gasteiger partial charge in [-0.25, -0.2) is 0 Å². The highest BCUT2D eigenvalue weighted by molar-refractivity contribution is 6.52. The molecule has 0 bridgehead atoms. The van der Waals surface area contributed by atoms with E-state index in [2.05, 4.69) is 63.7 Å². The molecule has 1 aromatic rings. The van der Waals surface area contributed by atoms with Crippen LogP contribution in [0.3, 0.4) is 0 Å². The monoisotopic (exact) mass is 203 g/mol. The van der Waals surface area contributed by atoms with Crippen molar-refractivity contribution in [2.45, 2.75) is 32.7 Å². The summed E-state index contributed by atoms with van der Waals surface area (Å²) < 4.78 is 0. The first kappa shape index (κ1) is 11.4. The van der Waals surface area contributed by atoms with Crippen molar-refractivity contribution in [1.82, 2.24) is 0 Å². The zero-order valence-electron chi connectivity index (χ0n) is 9.54. The van der Waals surface area contributed by atoms with Crippen LogP contribution in [-0.4, -0.2) is 14.8 Å². The Labute approximate surface area is 89.8 Å². The molecular weight excluding hydrogens is 184 g/mol. The molecule has 0 unspecified atom stereocenters. The van der Waals surface area contributed by atoms with Crippen LogP contribution in [0.2, 0.25) is 0 Å². The Morgan fingerprint density at radius 2 is 1.71 bits per heavy atom. The summed E-state index contributed by atoms with van der Waals surface area (Å²) in [7, 11) is 0.343. The molecule has 0 aliphatic heterocycles. The molecule has 0 amide bonds. The van der Waals surface area contributed by atoms with Gasteiger partial charge in [0.1, 0.15) is 0 Å². The molecule has 0 N–H and O–H groups in total. The van der Waals surface area contributed by atoms with Crippen LogP contribution in [0.1, 0.15) is 33.3 Å². The molecule has 1 heteroatoms. The van der Waals surface area contributed by atoms with Gasteiger partial charge in [-0.1, -0.05) is 63.7 Å². The van der Waals surface area contributed by atoms with Crippen molar-refractivity contribution in [2.75, 3.05) is 0 Å². The van der Waals surface area contributed by atoms with Crippen LogP contribution in [0.15, 0.2) is 30.3 Å². The minimum atomic E-state index is 0.332. The van der Waals surface area contributed by atoms with Gasteiger partial charge in [0, 0.05) is 0 Å². The first-order valence-electron chi connectivity index (χ1n) is 5.07. The number of benzene rings is 1. The van der Waals surface area contributed by atoms with Gasteiger partial charge in [-0.3, -0.25) is 0 Å². The van der Waals surface area contributed by atoms with Crippen molar-refractivity contribution >= 4 is 14.8 Å².